The predicted molar refractivity (Wildman–Crippen MR) is 126 cm³/mol. The zero-order valence-electron chi connectivity index (χ0n) is 22.1. The number of rotatable bonds is 9. The molecule has 1 saturated carbocycles. The molecule has 0 aromatic rings. The number of carbonyl (C=O) groups excluding carboxylic acids is 3. The number of aliphatic hydroxyl groups excluding tert-OH is 1. The van der Waals surface area contributed by atoms with Crippen molar-refractivity contribution in [3.63, 3.8) is 0 Å². The van der Waals surface area contributed by atoms with E-state index >= 15 is 0 Å². The number of methoxy groups -OCH3 is 1. The van der Waals surface area contributed by atoms with Crippen molar-refractivity contribution in [2.45, 2.75) is 71.0 Å². The SMILES string of the molecule is [B][C@H]1[CH-][C@H](O)[C@@H](COC)C1.[CH2-]CC(=O)COC1OC(COC(C)=O)C(OC(C)=O)C(C)C1C.[CH3-].[V+2].[W]. The number of hydrogen-bond acceptors (Lipinski definition) is 9. The molecule has 2 aliphatic rings. The summed E-state index contributed by atoms with van der Waals surface area (Å²) in [5, 5.41) is 9.27. The van der Waals surface area contributed by atoms with Crippen molar-refractivity contribution in [2.24, 2.45) is 17.8 Å². The van der Waals surface area contributed by atoms with Crippen molar-refractivity contribution in [3.8, 4) is 0 Å². The first-order valence-corrected chi connectivity index (χ1v) is 11.2. The van der Waals surface area contributed by atoms with Crippen LogP contribution in [0.25, 0.3) is 0 Å². The maximum atomic E-state index is 11.4. The first-order chi connectivity index (χ1) is 15.5. The van der Waals surface area contributed by atoms with E-state index in [-0.39, 0.29) is 102 Å². The van der Waals surface area contributed by atoms with E-state index in [1.54, 1.807) is 13.5 Å². The van der Waals surface area contributed by atoms with Crippen LogP contribution in [0.2, 0.25) is 5.82 Å². The zero-order chi connectivity index (χ0) is 25.1. The second kappa shape index (κ2) is 20.7. The molecule has 1 N–H and O–H groups in total. The Kier molecular flexibility index (Phi) is 23.2. The number of ketones is 1. The number of carbonyl (C=O) groups is 3. The van der Waals surface area contributed by atoms with E-state index in [9.17, 15) is 19.5 Å². The molecule has 1 saturated heterocycles. The van der Waals surface area contributed by atoms with Gasteiger partial charge < -0.3 is 54.4 Å². The average molecular weight is 718 g/mol. The Morgan fingerprint density at radius 3 is 2.19 bits per heavy atom. The molecule has 0 amide bonds. The third-order valence-corrected chi connectivity index (χ3v) is 5.78. The van der Waals surface area contributed by atoms with Crippen LogP contribution >= 0.6 is 0 Å². The summed E-state index contributed by atoms with van der Waals surface area (Å²) in [5.74, 6) is -0.955. The molecule has 205 valence electrons. The molecular formula is C24H40BO9VW-. The van der Waals surface area contributed by atoms with Gasteiger partial charge in [-0.25, -0.2) is 0 Å². The van der Waals surface area contributed by atoms with Gasteiger partial charge in [0.05, 0.1) is 0 Å². The first kappa shape index (κ1) is 40.3. The van der Waals surface area contributed by atoms with Gasteiger partial charge in [-0.2, -0.15) is 5.82 Å². The number of hydrogen-bond donors (Lipinski definition) is 1. The molecule has 1 heterocycles. The zero-order valence-corrected chi connectivity index (χ0v) is 26.4. The molecule has 36 heavy (non-hydrogen) atoms. The summed E-state index contributed by atoms with van der Waals surface area (Å²) in [6.07, 6.45) is 0.546. The van der Waals surface area contributed by atoms with E-state index in [4.69, 9.17) is 31.5 Å². The van der Waals surface area contributed by atoms with Crippen molar-refractivity contribution >= 4 is 25.6 Å². The third kappa shape index (κ3) is 14.1. The molecule has 1 aliphatic heterocycles. The van der Waals surface area contributed by atoms with Gasteiger partial charge in [0.1, 0.15) is 31.2 Å². The summed E-state index contributed by atoms with van der Waals surface area (Å²) in [6, 6.07) is 0. The van der Waals surface area contributed by atoms with Gasteiger partial charge in [-0.3, -0.25) is 9.59 Å². The van der Waals surface area contributed by atoms with Crippen molar-refractivity contribution in [3.05, 3.63) is 20.8 Å². The van der Waals surface area contributed by atoms with E-state index < -0.39 is 30.4 Å². The van der Waals surface area contributed by atoms with Gasteiger partial charge in [-0.15, -0.1) is 6.42 Å². The average Bonchev–Trinajstić information content (AvgIpc) is 3.06. The maximum Gasteiger partial charge on any atom is 2.00 e. The molecule has 0 spiro atoms. The van der Waals surface area contributed by atoms with E-state index in [2.05, 4.69) is 6.92 Å². The second-order valence-corrected chi connectivity index (χ2v) is 8.54. The van der Waals surface area contributed by atoms with Gasteiger partial charge in [-0.1, -0.05) is 26.4 Å². The predicted octanol–water partition coefficient (Wildman–Crippen LogP) is 1.91. The molecule has 1 aliphatic carbocycles. The summed E-state index contributed by atoms with van der Waals surface area (Å²) in [7, 11) is 7.21. The number of aliphatic hydroxyl groups is 1. The molecule has 8 atom stereocenters. The van der Waals surface area contributed by atoms with E-state index in [0.717, 1.165) is 6.42 Å². The van der Waals surface area contributed by atoms with Crippen LogP contribution in [0.4, 0.5) is 0 Å². The summed E-state index contributed by atoms with van der Waals surface area (Å²) in [6.45, 7) is 10.4. The number of Topliss-reactive ketones (excluding diaryl/α,β-unsaturated/α-hetero) is 1. The molecule has 2 fully saturated rings. The summed E-state index contributed by atoms with van der Waals surface area (Å²) < 4.78 is 26.5. The topological polar surface area (TPSA) is 118 Å². The molecule has 0 aromatic heterocycles. The Morgan fingerprint density at radius 2 is 1.75 bits per heavy atom. The number of esters is 2. The first-order valence-electron chi connectivity index (χ1n) is 11.2. The number of ether oxygens (including phenoxy) is 5. The van der Waals surface area contributed by atoms with Crippen LogP contribution in [-0.2, 0) is 77.7 Å². The van der Waals surface area contributed by atoms with Crippen LogP contribution < -0.4 is 0 Å². The van der Waals surface area contributed by atoms with Gasteiger partial charge in [0.25, 0.3) is 0 Å². The van der Waals surface area contributed by atoms with Crippen molar-refractivity contribution in [1.29, 1.82) is 0 Å². The van der Waals surface area contributed by atoms with E-state index in [1.807, 2.05) is 13.8 Å². The van der Waals surface area contributed by atoms with Gasteiger partial charge in [-0.05, 0) is 5.92 Å². The Labute approximate surface area is 244 Å². The van der Waals surface area contributed by atoms with Gasteiger partial charge >= 0.3 is 30.5 Å². The van der Waals surface area contributed by atoms with Gasteiger partial charge in [0.15, 0.2) is 6.29 Å². The fourth-order valence-electron chi connectivity index (χ4n) is 3.76. The van der Waals surface area contributed by atoms with E-state index in [0.29, 0.717) is 6.61 Å². The Bertz CT molecular complexity index is 643. The summed E-state index contributed by atoms with van der Waals surface area (Å²) in [4.78, 5) is 33.7. The molecule has 9 nitrogen and oxygen atoms in total. The minimum absolute atomic E-state index is 0. The van der Waals surface area contributed by atoms with Crippen LogP contribution in [0.3, 0.4) is 0 Å². The van der Waals surface area contributed by atoms with Crippen LogP contribution in [-0.4, -0.2) is 82.2 Å². The fraction of sp³-hybridized carbons (Fsp3) is 0.750. The largest absolute Gasteiger partial charge is 2.00 e. The van der Waals surface area contributed by atoms with Crippen LogP contribution in [0.5, 0.6) is 0 Å². The Morgan fingerprint density at radius 1 is 1.14 bits per heavy atom. The monoisotopic (exact) mass is 718 g/mol. The molecule has 12 heteroatoms. The van der Waals surface area contributed by atoms with Gasteiger partial charge in [0.2, 0.25) is 0 Å². The molecular weight excluding hydrogens is 678 g/mol. The summed E-state index contributed by atoms with van der Waals surface area (Å²) in [5.41, 5.74) is 0. The Hall–Kier alpha value is -0.212. The quantitative estimate of drug-likeness (QED) is 0.217. The summed E-state index contributed by atoms with van der Waals surface area (Å²) >= 11 is 0. The molecule has 0 bridgehead atoms. The fourth-order valence-corrected chi connectivity index (χ4v) is 3.76. The maximum absolute atomic E-state index is 11.4. The van der Waals surface area contributed by atoms with Crippen molar-refractivity contribution in [1.82, 2.24) is 0 Å². The van der Waals surface area contributed by atoms with Crippen LogP contribution in [0, 0.1) is 38.5 Å². The van der Waals surface area contributed by atoms with E-state index in [1.165, 1.54) is 13.8 Å². The van der Waals surface area contributed by atoms with Crippen molar-refractivity contribution in [2.75, 3.05) is 26.9 Å². The van der Waals surface area contributed by atoms with Crippen LogP contribution in [0.1, 0.15) is 40.5 Å². The standard InChI is InChI=1S/C16H25O7.C7H12BO2.CH3.V.W/c1-6-13(19)7-21-16-10(3)9(2)15(22-12(5)18)14(23-16)8-20-11(4)17;1-10-4-5-2-6(8)3-7(5)9;;;/h9-10,14-16H,1,6-8H2,2-5H3;3,5-7,9H,2,4H2,1H3;1H3;;/q3*-1;+2;/t;5-,6-,7+;;;/m.1.../s1. The molecule has 5 unspecified atom stereocenters. The Balaban J connectivity index is -0.000000711. The molecule has 2 rings (SSSR count). The minimum atomic E-state index is -0.645. The molecule has 3 radical (unpaired) electrons. The normalized spacial score (nSPS) is 30.8. The third-order valence-electron chi connectivity index (χ3n) is 5.78. The second-order valence-electron chi connectivity index (χ2n) is 8.54. The molecule has 0 aromatic carbocycles. The van der Waals surface area contributed by atoms with Gasteiger partial charge in [0, 0.05) is 68.3 Å². The smallest absolute Gasteiger partial charge is 0.463 e. The van der Waals surface area contributed by atoms with Crippen LogP contribution in [0.15, 0.2) is 0 Å². The van der Waals surface area contributed by atoms with Crippen molar-refractivity contribution < 1.29 is 82.8 Å². The minimum Gasteiger partial charge on any atom is -0.463 e.